The van der Waals surface area contributed by atoms with Gasteiger partial charge in [-0.3, -0.25) is 0 Å². The Morgan fingerprint density at radius 1 is 1.16 bits per heavy atom. The fourth-order valence-electron chi connectivity index (χ4n) is 2.95. The molecule has 1 aliphatic rings. The highest BCUT2D eigenvalue weighted by atomic mass is 35.5. The van der Waals surface area contributed by atoms with Gasteiger partial charge in [0.15, 0.2) is 0 Å². The summed E-state index contributed by atoms with van der Waals surface area (Å²) in [6.45, 7) is 5.84. The molecule has 1 aliphatic carbocycles. The molecule has 1 fully saturated rings. The van der Waals surface area contributed by atoms with Crippen LogP contribution in [0.2, 0.25) is 5.02 Å². The lowest BCUT2D eigenvalue weighted by Gasteiger charge is -2.27. The van der Waals surface area contributed by atoms with Crippen LogP contribution >= 0.6 is 11.6 Å². The second kappa shape index (κ2) is 7.31. The Morgan fingerprint density at radius 3 is 2.42 bits per heavy atom. The topological polar surface area (TPSA) is 12.0 Å². The van der Waals surface area contributed by atoms with Crippen molar-refractivity contribution in [3.05, 3.63) is 34.9 Å². The smallest absolute Gasteiger partial charge is 0.0406 e. The number of hydrogen-bond donors (Lipinski definition) is 1. The van der Waals surface area contributed by atoms with Crippen LogP contribution in [-0.4, -0.2) is 12.6 Å². The zero-order chi connectivity index (χ0) is 13.7. The highest BCUT2D eigenvalue weighted by Crippen LogP contribution is 2.27. The van der Waals surface area contributed by atoms with Gasteiger partial charge in [0, 0.05) is 11.1 Å². The number of nitrogens with one attached hydrogen (secondary N) is 1. The zero-order valence-corrected chi connectivity index (χ0v) is 12.9. The van der Waals surface area contributed by atoms with E-state index in [1.54, 1.807) is 0 Å². The maximum Gasteiger partial charge on any atom is 0.0406 e. The van der Waals surface area contributed by atoms with Gasteiger partial charge in [-0.15, -0.1) is 0 Å². The summed E-state index contributed by atoms with van der Waals surface area (Å²) in [6, 6.07) is 8.75. The predicted octanol–water partition coefficient (Wildman–Crippen LogP) is 4.69. The minimum Gasteiger partial charge on any atom is -0.314 e. The first-order chi connectivity index (χ1) is 9.13. The van der Waals surface area contributed by atoms with E-state index in [1.165, 1.54) is 37.8 Å². The first-order valence-electron chi connectivity index (χ1n) is 7.61. The lowest BCUT2D eigenvalue weighted by Crippen LogP contribution is -2.34. The van der Waals surface area contributed by atoms with Crippen molar-refractivity contribution >= 4 is 11.6 Å². The minimum atomic E-state index is 0.542. The molecule has 106 valence electrons. The van der Waals surface area contributed by atoms with E-state index in [0.717, 1.165) is 23.3 Å². The van der Waals surface area contributed by atoms with Crippen molar-refractivity contribution in [1.82, 2.24) is 5.32 Å². The third-order valence-electron chi connectivity index (χ3n) is 4.35. The lowest BCUT2D eigenvalue weighted by molar-refractivity contribution is 0.275. The second-order valence-corrected chi connectivity index (χ2v) is 6.70. The molecule has 1 N–H and O–H groups in total. The Labute approximate surface area is 122 Å². The Hall–Kier alpha value is -0.530. The van der Waals surface area contributed by atoms with Gasteiger partial charge in [0.1, 0.15) is 0 Å². The van der Waals surface area contributed by atoms with E-state index in [1.807, 2.05) is 12.1 Å². The molecule has 1 aromatic carbocycles. The van der Waals surface area contributed by atoms with Crippen molar-refractivity contribution < 1.29 is 0 Å². The van der Waals surface area contributed by atoms with Crippen LogP contribution in [0.5, 0.6) is 0 Å². The molecule has 0 bridgehead atoms. The second-order valence-electron chi connectivity index (χ2n) is 6.27. The normalized spacial score (nSPS) is 25.2. The van der Waals surface area contributed by atoms with E-state index in [4.69, 9.17) is 11.6 Å². The quantitative estimate of drug-likeness (QED) is 0.825. The molecule has 0 amide bonds. The Bertz CT molecular complexity index is 365. The number of hydrogen-bond acceptors (Lipinski definition) is 1. The summed E-state index contributed by atoms with van der Waals surface area (Å²) >= 11 is 5.91. The van der Waals surface area contributed by atoms with Crippen molar-refractivity contribution in [2.45, 2.75) is 52.0 Å². The molecule has 19 heavy (non-hydrogen) atoms. The molecule has 0 radical (unpaired) electrons. The predicted molar refractivity (Wildman–Crippen MR) is 83.7 cm³/mol. The summed E-state index contributed by atoms with van der Waals surface area (Å²) < 4.78 is 0. The third kappa shape index (κ3) is 5.16. The first kappa shape index (κ1) is 14.9. The van der Waals surface area contributed by atoms with Gasteiger partial charge in [-0.1, -0.05) is 43.5 Å². The Morgan fingerprint density at radius 2 is 1.79 bits per heavy atom. The van der Waals surface area contributed by atoms with Crippen LogP contribution in [0.15, 0.2) is 24.3 Å². The molecule has 0 spiro atoms. The summed E-state index contributed by atoms with van der Waals surface area (Å²) in [6.07, 6.45) is 6.72. The van der Waals surface area contributed by atoms with Gasteiger partial charge in [0.25, 0.3) is 0 Å². The molecule has 2 rings (SSSR count). The Kier molecular flexibility index (Phi) is 5.72. The number of rotatable bonds is 5. The maximum atomic E-state index is 5.91. The molecule has 1 aromatic rings. The van der Waals surface area contributed by atoms with Crippen LogP contribution in [0.1, 0.15) is 45.1 Å². The van der Waals surface area contributed by atoms with E-state index >= 15 is 0 Å². The van der Waals surface area contributed by atoms with Crippen molar-refractivity contribution in [3.8, 4) is 0 Å². The van der Waals surface area contributed by atoms with Crippen LogP contribution in [-0.2, 0) is 6.42 Å². The fourth-order valence-corrected chi connectivity index (χ4v) is 3.07. The van der Waals surface area contributed by atoms with Crippen LogP contribution < -0.4 is 5.32 Å². The molecule has 0 aliphatic heterocycles. The van der Waals surface area contributed by atoms with E-state index in [2.05, 4.69) is 31.3 Å². The van der Waals surface area contributed by atoms with Crippen molar-refractivity contribution in [2.75, 3.05) is 6.54 Å². The van der Waals surface area contributed by atoms with Gasteiger partial charge < -0.3 is 5.32 Å². The highest BCUT2D eigenvalue weighted by molar-refractivity contribution is 6.30. The maximum absolute atomic E-state index is 5.91. The molecule has 1 nitrogen and oxygen atoms in total. The monoisotopic (exact) mass is 279 g/mol. The van der Waals surface area contributed by atoms with Crippen molar-refractivity contribution in [2.24, 2.45) is 11.8 Å². The van der Waals surface area contributed by atoms with Crippen molar-refractivity contribution in [1.29, 1.82) is 0 Å². The van der Waals surface area contributed by atoms with Gasteiger partial charge in [0.2, 0.25) is 0 Å². The lowest BCUT2D eigenvalue weighted by atomic mass is 9.83. The summed E-state index contributed by atoms with van der Waals surface area (Å²) in [5.41, 5.74) is 1.36. The van der Waals surface area contributed by atoms with Gasteiger partial charge in [-0.2, -0.15) is 0 Å². The van der Waals surface area contributed by atoms with E-state index in [0.29, 0.717) is 6.04 Å². The third-order valence-corrected chi connectivity index (χ3v) is 4.60. The zero-order valence-electron chi connectivity index (χ0n) is 12.2. The summed E-state index contributed by atoms with van der Waals surface area (Å²) in [5.74, 6) is 1.84. The average Bonchev–Trinajstić information content (AvgIpc) is 2.41. The molecule has 1 saturated carbocycles. The molecule has 0 aromatic heterocycles. The average molecular weight is 280 g/mol. The minimum absolute atomic E-state index is 0.542. The van der Waals surface area contributed by atoms with E-state index in [9.17, 15) is 0 Å². The molecule has 1 atom stereocenters. The molecular weight excluding hydrogens is 254 g/mol. The summed E-state index contributed by atoms with van der Waals surface area (Å²) in [7, 11) is 0. The molecule has 0 heterocycles. The van der Waals surface area contributed by atoms with Crippen LogP contribution in [0.25, 0.3) is 0 Å². The van der Waals surface area contributed by atoms with Gasteiger partial charge in [-0.05, 0) is 62.3 Å². The molecule has 1 unspecified atom stereocenters. The standard InChI is InChI=1S/C17H26ClN/c1-13-3-5-16(6-4-13)12-19-14(2)11-15-7-9-17(18)10-8-15/h7-10,13-14,16,19H,3-6,11-12H2,1-2H3. The summed E-state index contributed by atoms with van der Waals surface area (Å²) in [5, 5.41) is 4.52. The van der Waals surface area contributed by atoms with E-state index in [-0.39, 0.29) is 0 Å². The number of benzene rings is 1. The molecule has 0 saturated heterocycles. The SMILES string of the molecule is CC1CCC(CNC(C)Cc2ccc(Cl)cc2)CC1. The van der Waals surface area contributed by atoms with Crippen LogP contribution in [0.4, 0.5) is 0 Å². The number of halogens is 1. The van der Waals surface area contributed by atoms with E-state index < -0.39 is 0 Å². The summed E-state index contributed by atoms with van der Waals surface area (Å²) in [4.78, 5) is 0. The van der Waals surface area contributed by atoms with Crippen LogP contribution in [0.3, 0.4) is 0 Å². The largest absolute Gasteiger partial charge is 0.314 e. The molecular formula is C17H26ClN. The highest BCUT2D eigenvalue weighted by Gasteiger charge is 2.18. The van der Waals surface area contributed by atoms with Crippen LogP contribution in [0, 0.1) is 11.8 Å². The van der Waals surface area contributed by atoms with Crippen molar-refractivity contribution in [3.63, 3.8) is 0 Å². The van der Waals surface area contributed by atoms with Gasteiger partial charge >= 0.3 is 0 Å². The Balaban J connectivity index is 1.69. The fraction of sp³-hybridized carbons (Fsp3) is 0.647. The molecule has 2 heteroatoms. The van der Waals surface area contributed by atoms with Gasteiger partial charge in [-0.25, -0.2) is 0 Å². The van der Waals surface area contributed by atoms with Gasteiger partial charge in [0.05, 0.1) is 0 Å². The first-order valence-corrected chi connectivity index (χ1v) is 7.99.